The predicted octanol–water partition coefficient (Wildman–Crippen LogP) is 3.15. The number of hydrogen-bond acceptors (Lipinski definition) is 3. The molecule has 1 saturated heterocycles. The Morgan fingerprint density at radius 2 is 2.14 bits per heavy atom. The van der Waals surface area contributed by atoms with Gasteiger partial charge in [-0.05, 0) is 50.9 Å². The van der Waals surface area contributed by atoms with E-state index in [-0.39, 0.29) is 0 Å². The summed E-state index contributed by atoms with van der Waals surface area (Å²) in [4.78, 5) is 2.41. The quantitative estimate of drug-likeness (QED) is 0.835. The first-order chi connectivity index (χ1) is 10.2. The summed E-state index contributed by atoms with van der Waals surface area (Å²) in [7, 11) is 2.21. The summed E-state index contributed by atoms with van der Waals surface area (Å²) in [6, 6.07) is 9.08. The Labute approximate surface area is 129 Å². The van der Waals surface area contributed by atoms with Crippen molar-refractivity contribution in [1.82, 2.24) is 10.2 Å². The lowest BCUT2D eigenvalue weighted by Crippen LogP contribution is -2.39. The molecule has 1 fully saturated rings. The first-order valence-electron chi connectivity index (χ1n) is 8.29. The lowest BCUT2D eigenvalue weighted by Gasteiger charge is -2.30. The van der Waals surface area contributed by atoms with E-state index in [0.29, 0.717) is 12.1 Å². The van der Waals surface area contributed by atoms with Crippen molar-refractivity contribution >= 4 is 0 Å². The van der Waals surface area contributed by atoms with E-state index >= 15 is 0 Å². The molecule has 0 spiro atoms. The lowest BCUT2D eigenvalue weighted by atomic mass is 10.0. The van der Waals surface area contributed by atoms with Gasteiger partial charge < -0.3 is 15.0 Å². The van der Waals surface area contributed by atoms with Crippen molar-refractivity contribution in [2.75, 3.05) is 33.3 Å². The molecule has 0 aromatic heterocycles. The van der Waals surface area contributed by atoms with Crippen LogP contribution < -0.4 is 5.32 Å². The maximum atomic E-state index is 5.86. The Morgan fingerprint density at radius 3 is 2.81 bits per heavy atom. The topological polar surface area (TPSA) is 24.5 Å². The average Bonchev–Trinajstić information content (AvgIpc) is 2.48. The summed E-state index contributed by atoms with van der Waals surface area (Å²) in [6.07, 6.45) is 4.17. The van der Waals surface area contributed by atoms with E-state index in [2.05, 4.69) is 55.4 Å². The van der Waals surface area contributed by atoms with Crippen molar-refractivity contribution < 1.29 is 4.74 Å². The Bertz CT molecular complexity index is 415. The molecule has 0 bridgehead atoms. The smallest absolute Gasteiger partial charge is 0.0701 e. The molecule has 1 heterocycles. The molecule has 0 saturated carbocycles. The van der Waals surface area contributed by atoms with Crippen molar-refractivity contribution in [3.63, 3.8) is 0 Å². The highest BCUT2D eigenvalue weighted by molar-refractivity contribution is 5.29. The minimum absolute atomic E-state index is 0.393. The van der Waals surface area contributed by atoms with Crippen molar-refractivity contribution in [2.45, 2.75) is 45.3 Å². The average molecular weight is 290 g/mol. The minimum Gasteiger partial charge on any atom is -0.377 e. The number of benzene rings is 1. The summed E-state index contributed by atoms with van der Waals surface area (Å²) in [5.41, 5.74) is 2.78. The van der Waals surface area contributed by atoms with Gasteiger partial charge in [0.25, 0.3) is 0 Å². The summed E-state index contributed by atoms with van der Waals surface area (Å²) >= 11 is 0. The third kappa shape index (κ3) is 5.10. The number of aryl methyl sites for hydroxylation is 1. The molecule has 2 rings (SSSR count). The van der Waals surface area contributed by atoms with E-state index in [1.807, 2.05) is 0 Å². The molecule has 1 aromatic rings. The second-order valence-electron chi connectivity index (χ2n) is 6.18. The number of likely N-dealkylation sites (N-methyl/N-ethyl adjacent to an activating group) is 2. The monoisotopic (exact) mass is 290 g/mol. The standard InChI is InChI=1S/C18H30N2O/c1-4-19-18(17-11-6-5-9-15(17)2)14-20(3)13-16-10-7-8-12-21-16/h5-6,9,11,16,18-19H,4,7-8,10,12-14H2,1-3H3. The van der Waals surface area contributed by atoms with Gasteiger partial charge >= 0.3 is 0 Å². The number of nitrogens with zero attached hydrogens (tertiary/aromatic N) is 1. The normalized spacial score (nSPS) is 20.7. The van der Waals surface area contributed by atoms with Crippen LogP contribution in [0.3, 0.4) is 0 Å². The third-order valence-electron chi connectivity index (χ3n) is 4.30. The van der Waals surface area contributed by atoms with Crippen LogP contribution in [-0.4, -0.2) is 44.3 Å². The second kappa shape index (κ2) is 8.52. The summed E-state index contributed by atoms with van der Waals surface area (Å²) in [6.45, 7) is 8.37. The highest BCUT2D eigenvalue weighted by atomic mass is 16.5. The molecule has 3 nitrogen and oxygen atoms in total. The van der Waals surface area contributed by atoms with E-state index in [0.717, 1.165) is 26.2 Å². The lowest BCUT2D eigenvalue weighted by molar-refractivity contribution is -0.00262. The van der Waals surface area contributed by atoms with Crippen LogP contribution in [-0.2, 0) is 4.74 Å². The Hall–Kier alpha value is -0.900. The second-order valence-corrected chi connectivity index (χ2v) is 6.18. The van der Waals surface area contributed by atoms with E-state index in [4.69, 9.17) is 4.74 Å². The van der Waals surface area contributed by atoms with Gasteiger partial charge in [-0.2, -0.15) is 0 Å². The van der Waals surface area contributed by atoms with Crippen LogP contribution in [0.25, 0.3) is 0 Å². The highest BCUT2D eigenvalue weighted by Crippen LogP contribution is 2.19. The van der Waals surface area contributed by atoms with Gasteiger partial charge in [-0.25, -0.2) is 0 Å². The van der Waals surface area contributed by atoms with Gasteiger partial charge in [-0.1, -0.05) is 31.2 Å². The van der Waals surface area contributed by atoms with E-state index in [1.165, 1.54) is 30.4 Å². The van der Waals surface area contributed by atoms with Crippen molar-refractivity contribution in [1.29, 1.82) is 0 Å². The molecule has 1 N–H and O–H groups in total. The molecule has 0 radical (unpaired) electrons. The molecular weight excluding hydrogens is 260 g/mol. The fraction of sp³-hybridized carbons (Fsp3) is 0.667. The summed E-state index contributed by atoms with van der Waals surface area (Å²) in [5, 5.41) is 3.63. The molecule has 118 valence electrons. The van der Waals surface area contributed by atoms with Crippen LogP contribution in [0.2, 0.25) is 0 Å². The SMILES string of the molecule is CCNC(CN(C)CC1CCCCO1)c1ccccc1C. The molecule has 1 aliphatic heterocycles. The molecule has 2 unspecified atom stereocenters. The van der Waals surface area contributed by atoms with Crippen molar-refractivity contribution in [2.24, 2.45) is 0 Å². The van der Waals surface area contributed by atoms with Crippen LogP contribution in [0.4, 0.5) is 0 Å². The molecule has 0 aliphatic carbocycles. The van der Waals surface area contributed by atoms with E-state index < -0.39 is 0 Å². The zero-order valence-corrected chi connectivity index (χ0v) is 13.8. The minimum atomic E-state index is 0.393. The van der Waals surface area contributed by atoms with Gasteiger partial charge in [-0.15, -0.1) is 0 Å². The predicted molar refractivity (Wildman–Crippen MR) is 88.7 cm³/mol. The van der Waals surface area contributed by atoms with Gasteiger partial charge in [0.05, 0.1) is 6.10 Å². The summed E-state index contributed by atoms with van der Waals surface area (Å²) in [5.74, 6) is 0. The molecule has 1 aliphatic rings. The van der Waals surface area contributed by atoms with Crippen LogP contribution in [0.1, 0.15) is 43.4 Å². The van der Waals surface area contributed by atoms with Gasteiger partial charge in [-0.3, -0.25) is 0 Å². The summed E-state index contributed by atoms with van der Waals surface area (Å²) < 4.78 is 5.86. The fourth-order valence-corrected chi connectivity index (χ4v) is 3.18. The number of nitrogens with one attached hydrogen (secondary N) is 1. The fourth-order valence-electron chi connectivity index (χ4n) is 3.18. The molecule has 3 heteroatoms. The Balaban J connectivity index is 1.94. The maximum absolute atomic E-state index is 5.86. The van der Waals surface area contributed by atoms with E-state index in [1.54, 1.807) is 0 Å². The van der Waals surface area contributed by atoms with Crippen LogP contribution >= 0.6 is 0 Å². The number of hydrogen-bond donors (Lipinski definition) is 1. The Morgan fingerprint density at radius 1 is 1.33 bits per heavy atom. The van der Waals surface area contributed by atoms with Gasteiger partial charge in [0.15, 0.2) is 0 Å². The molecular formula is C18H30N2O. The maximum Gasteiger partial charge on any atom is 0.0701 e. The van der Waals surface area contributed by atoms with Crippen LogP contribution in [0, 0.1) is 6.92 Å². The van der Waals surface area contributed by atoms with Gasteiger partial charge in [0.1, 0.15) is 0 Å². The zero-order chi connectivity index (χ0) is 15.1. The molecule has 2 atom stereocenters. The largest absolute Gasteiger partial charge is 0.377 e. The third-order valence-corrected chi connectivity index (χ3v) is 4.30. The first-order valence-corrected chi connectivity index (χ1v) is 8.29. The molecule has 0 amide bonds. The highest BCUT2D eigenvalue weighted by Gasteiger charge is 2.19. The molecule has 21 heavy (non-hydrogen) atoms. The van der Waals surface area contributed by atoms with Gasteiger partial charge in [0.2, 0.25) is 0 Å². The van der Waals surface area contributed by atoms with Gasteiger partial charge in [0, 0.05) is 25.7 Å². The zero-order valence-electron chi connectivity index (χ0n) is 13.8. The number of ether oxygens (including phenoxy) is 1. The van der Waals surface area contributed by atoms with Crippen molar-refractivity contribution in [3.05, 3.63) is 35.4 Å². The van der Waals surface area contributed by atoms with Crippen LogP contribution in [0.5, 0.6) is 0 Å². The number of rotatable bonds is 7. The first kappa shape index (κ1) is 16.5. The van der Waals surface area contributed by atoms with Crippen LogP contribution in [0.15, 0.2) is 24.3 Å². The van der Waals surface area contributed by atoms with E-state index in [9.17, 15) is 0 Å². The Kier molecular flexibility index (Phi) is 6.68. The van der Waals surface area contributed by atoms with Crippen molar-refractivity contribution in [3.8, 4) is 0 Å². The molecule has 1 aromatic carbocycles.